The highest BCUT2D eigenvalue weighted by Gasteiger charge is 2.11. The normalized spacial score (nSPS) is 10.9. The van der Waals surface area contributed by atoms with Gasteiger partial charge in [-0.25, -0.2) is 8.78 Å². The number of aliphatic hydroxyl groups excluding tert-OH is 1. The molecule has 0 spiro atoms. The third-order valence-electron chi connectivity index (χ3n) is 3.48. The number of hydrogen-bond acceptors (Lipinski definition) is 3. The molecule has 0 radical (unpaired) electrons. The highest BCUT2D eigenvalue weighted by molar-refractivity contribution is 5.77. The van der Waals surface area contributed by atoms with Crippen molar-refractivity contribution in [1.29, 1.82) is 0 Å². The molecule has 1 N–H and O–H groups in total. The Morgan fingerprint density at radius 1 is 1.12 bits per heavy atom. The lowest BCUT2D eigenvalue weighted by atomic mass is 10.2. The van der Waals surface area contributed by atoms with E-state index >= 15 is 0 Å². The van der Waals surface area contributed by atoms with Gasteiger partial charge in [-0.2, -0.15) is 0 Å². The van der Waals surface area contributed by atoms with Crippen molar-refractivity contribution in [2.24, 2.45) is 0 Å². The number of allylic oxidation sites excluding steroid dienone is 1. The van der Waals surface area contributed by atoms with Gasteiger partial charge in [-0.15, -0.1) is 0 Å². The molecule has 1 amide bonds. The molecule has 6 heteroatoms. The minimum Gasteiger partial charge on any atom is -0.457 e. The van der Waals surface area contributed by atoms with Crippen molar-refractivity contribution in [2.45, 2.75) is 19.9 Å². The Kier molecular flexibility index (Phi) is 6.65. The SMILES string of the molecule is C/C=C\CC(=O)N(CO)Cc1ccc(Oc2ccc(F)c(F)c2)cc1. The molecule has 0 fully saturated rings. The van der Waals surface area contributed by atoms with Gasteiger partial charge >= 0.3 is 0 Å². The van der Waals surface area contributed by atoms with Crippen LogP contribution < -0.4 is 4.74 Å². The standard InChI is InChI=1S/C19H19F2NO3/c1-2-3-4-19(24)22(13-23)12-14-5-7-15(8-6-14)25-16-9-10-17(20)18(21)11-16/h2-3,5-11,23H,4,12-13H2,1H3/b3-2-. The Bertz CT molecular complexity index is 745. The Labute approximate surface area is 145 Å². The quantitative estimate of drug-likeness (QED) is 0.608. The largest absolute Gasteiger partial charge is 0.457 e. The zero-order chi connectivity index (χ0) is 18.2. The van der Waals surface area contributed by atoms with Crippen LogP contribution in [0.4, 0.5) is 8.78 Å². The van der Waals surface area contributed by atoms with Gasteiger partial charge in [-0.05, 0) is 36.8 Å². The molecule has 0 saturated carbocycles. The Morgan fingerprint density at radius 3 is 2.40 bits per heavy atom. The summed E-state index contributed by atoms with van der Waals surface area (Å²) < 4.78 is 31.5. The second-order valence-corrected chi connectivity index (χ2v) is 5.33. The summed E-state index contributed by atoms with van der Waals surface area (Å²) in [4.78, 5) is 13.3. The van der Waals surface area contributed by atoms with Crippen LogP contribution in [-0.2, 0) is 11.3 Å². The van der Waals surface area contributed by atoms with E-state index in [2.05, 4.69) is 0 Å². The first-order valence-corrected chi connectivity index (χ1v) is 7.75. The highest BCUT2D eigenvalue weighted by atomic mass is 19.2. The summed E-state index contributed by atoms with van der Waals surface area (Å²) >= 11 is 0. The number of benzene rings is 2. The van der Waals surface area contributed by atoms with Crippen LogP contribution in [0.25, 0.3) is 0 Å². The fourth-order valence-corrected chi connectivity index (χ4v) is 2.12. The lowest BCUT2D eigenvalue weighted by Crippen LogP contribution is -2.30. The van der Waals surface area contributed by atoms with Crippen LogP contribution in [0.5, 0.6) is 11.5 Å². The number of rotatable bonds is 7. The monoisotopic (exact) mass is 347 g/mol. The molecule has 0 aliphatic carbocycles. The molecular formula is C19H19F2NO3. The van der Waals surface area contributed by atoms with Crippen LogP contribution in [0, 0.1) is 11.6 Å². The van der Waals surface area contributed by atoms with Crippen LogP contribution in [0.2, 0.25) is 0 Å². The van der Waals surface area contributed by atoms with Crippen molar-refractivity contribution in [3.63, 3.8) is 0 Å². The number of aliphatic hydroxyl groups is 1. The minimum absolute atomic E-state index is 0.178. The molecule has 0 saturated heterocycles. The van der Waals surface area contributed by atoms with E-state index in [1.165, 1.54) is 11.0 Å². The molecule has 2 rings (SSSR count). The second-order valence-electron chi connectivity index (χ2n) is 5.33. The molecule has 0 unspecified atom stereocenters. The number of ether oxygens (including phenoxy) is 1. The smallest absolute Gasteiger partial charge is 0.228 e. The molecule has 2 aromatic carbocycles. The van der Waals surface area contributed by atoms with E-state index in [-0.39, 0.29) is 31.4 Å². The first kappa shape index (κ1) is 18.6. The number of carbonyl (C=O) groups excluding carboxylic acids is 1. The fourth-order valence-electron chi connectivity index (χ4n) is 2.12. The van der Waals surface area contributed by atoms with E-state index in [9.17, 15) is 18.7 Å². The molecule has 0 aliphatic heterocycles. The van der Waals surface area contributed by atoms with Crippen LogP contribution in [0.3, 0.4) is 0 Å². The summed E-state index contributed by atoms with van der Waals surface area (Å²) in [5.74, 6) is -1.46. The lowest BCUT2D eigenvalue weighted by molar-refractivity contribution is -0.134. The molecule has 0 aromatic heterocycles. The van der Waals surface area contributed by atoms with Crippen molar-refractivity contribution < 1.29 is 23.4 Å². The van der Waals surface area contributed by atoms with Crippen LogP contribution in [-0.4, -0.2) is 22.6 Å². The van der Waals surface area contributed by atoms with Gasteiger partial charge in [0.2, 0.25) is 5.91 Å². The van der Waals surface area contributed by atoms with Crippen molar-refractivity contribution in [3.05, 3.63) is 71.8 Å². The zero-order valence-corrected chi connectivity index (χ0v) is 13.8. The number of carbonyl (C=O) groups is 1. The third kappa shape index (κ3) is 5.39. The van der Waals surface area contributed by atoms with Gasteiger partial charge in [0.05, 0.1) is 0 Å². The number of amides is 1. The topological polar surface area (TPSA) is 49.8 Å². The molecule has 0 atom stereocenters. The molecule has 132 valence electrons. The zero-order valence-electron chi connectivity index (χ0n) is 13.8. The maximum absolute atomic E-state index is 13.2. The van der Waals surface area contributed by atoms with E-state index in [1.54, 1.807) is 36.4 Å². The maximum Gasteiger partial charge on any atom is 0.228 e. The Morgan fingerprint density at radius 2 is 1.80 bits per heavy atom. The van der Waals surface area contributed by atoms with Crippen LogP contribution in [0.15, 0.2) is 54.6 Å². The first-order chi connectivity index (χ1) is 12.0. The summed E-state index contributed by atoms with van der Waals surface area (Å²) in [5, 5.41) is 9.35. The summed E-state index contributed by atoms with van der Waals surface area (Å²) in [7, 11) is 0. The maximum atomic E-state index is 13.2. The van der Waals surface area contributed by atoms with E-state index in [4.69, 9.17) is 4.74 Å². The number of hydrogen-bond donors (Lipinski definition) is 1. The van der Waals surface area contributed by atoms with Gasteiger partial charge in [0.25, 0.3) is 0 Å². The van der Waals surface area contributed by atoms with E-state index in [1.807, 2.05) is 6.92 Å². The van der Waals surface area contributed by atoms with Gasteiger partial charge in [0.15, 0.2) is 11.6 Å². The summed E-state index contributed by atoms with van der Waals surface area (Å²) in [5.41, 5.74) is 0.806. The molecule has 0 bridgehead atoms. The van der Waals surface area contributed by atoms with E-state index in [0.29, 0.717) is 5.75 Å². The molecule has 25 heavy (non-hydrogen) atoms. The van der Waals surface area contributed by atoms with Crippen molar-refractivity contribution >= 4 is 5.91 Å². The summed E-state index contributed by atoms with van der Waals surface area (Å²) in [6.45, 7) is 1.71. The fraction of sp³-hybridized carbons (Fsp3) is 0.211. The average molecular weight is 347 g/mol. The van der Waals surface area contributed by atoms with Gasteiger partial charge in [-0.1, -0.05) is 24.3 Å². The van der Waals surface area contributed by atoms with Gasteiger partial charge in [0.1, 0.15) is 18.2 Å². The van der Waals surface area contributed by atoms with Crippen LogP contribution in [0.1, 0.15) is 18.9 Å². The van der Waals surface area contributed by atoms with Gasteiger partial charge in [0, 0.05) is 19.0 Å². The molecule has 2 aromatic rings. The molecular weight excluding hydrogens is 328 g/mol. The van der Waals surface area contributed by atoms with Crippen molar-refractivity contribution in [3.8, 4) is 11.5 Å². The average Bonchev–Trinajstić information content (AvgIpc) is 2.62. The van der Waals surface area contributed by atoms with E-state index < -0.39 is 11.6 Å². The van der Waals surface area contributed by atoms with Gasteiger partial charge in [-0.3, -0.25) is 4.79 Å². The first-order valence-electron chi connectivity index (χ1n) is 7.75. The Balaban J connectivity index is 2.01. The van der Waals surface area contributed by atoms with Crippen molar-refractivity contribution in [1.82, 2.24) is 4.90 Å². The van der Waals surface area contributed by atoms with E-state index in [0.717, 1.165) is 17.7 Å². The number of halogens is 2. The third-order valence-corrected chi connectivity index (χ3v) is 3.48. The predicted octanol–water partition coefficient (Wildman–Crippen LogP) is 4.00. The molecule has 4 nitrogen and oxygen atoms in total. The minimum atomic E-state index is -0.979. The predicted molar refractivity (Wildman–Crippen MR) is 89.9 cm³/mol. The number of nitrogens with zero attached hydrogens (tertiary/aromatic N) is 1. The van der Waals surface area contributed by atoms with Crippen LogP contribution >= 0.6 is 0 Å². The molecule has 0 heterocycles. The highest BCUT2D eigenvalue weighted by Crippen LogP contribution is 2.23. The lowest BCUT2D eigenvalue weighted by Gasteiger charge is -2.19. The van der Waals surface area contributed by atoms with Crippen molar-refractivity contribution in [2.75, 3.05) is 6.73 Å². The molecule has 0 aliphatic rings. The summed E-state index contributed by atoms with van der Waals surface area (Å²) in [6.07, 6.45) is 3.73. The Hall–Kier alpha value is -2.73. The second kappa shape index (κ2) is 8.94. The van der Waals surface area contributed by atoms with Gasteiger partial charge < -0.3 is 14.7 Å². The summed E-state index contributed by atoms with van der Waals surface area (Å²) in [6, 6.07) is 10.1.